The molecular weight excluding hydrogens is 367 g/mol. The number of piperidine rings is 1. The van der Waals surface area contributed by atoms with E-state index in [4.69, 9.17) is 0 Å². The van der Waals surface area contributed by atoms with Gasteiger partial charge in [0.05, 0.1) is 10.5 Å². The van der Waals surface area contributed by atoms with Gasteiger partial charge in [-0.1, -0.05) is 26.7 Å². The molecule has 1 saturated heterocycles. The number of halogens is 1. The van der Waals surface area contributed by atoms with Crippen molar-refractivity contribution >= 4 is 15.9 Å². The Bertz CT molecular complexity index is 790. The maximum atomic E-state index is 14.5. The second-order valence-corrected chi connectivity index (χ2v) is 9.42. The Morgan fingerprint density at radius 1 is 1.15 bits per heavy atom. The van der Waals surface area contributed by atoms with Crippen LogP contribution in [-0.4, -0.2) is 49.2 Å². The van der Waals surface area contributed by atoms with E-state index < -0.39 is 15.8 Å². The number of carbonyl (C=O) groups excluding carboxylic acids is 1. The monoisotopic (exact) mass is 396 g/mol. The number of hydrogen-bond acceptors (Lipinski definition) is 3. The van der Waals surface area contributed by atoms with Gasteiger partial charge in [-0.15, -0.1) is 0 Å². The molecule has 1 aliphatic carbocycles. The predicted molar refractivity (Wildman–Crippen MR) is 103 cm³/mol. The van der Waals surface area contributed by atoms with Gasteiger partial charge in [0.15, 0.2) is 0 Å². The average Bonchev–Trinajstić information content (AvgIpc) is 2.68. The lowest BCUT2D eigenvalue weighted by Crippen LogP contribution is -2.49. The Hall–Kier alpha value is -1.47. The molecule has 2 unspecified atom stereocenters. The quantitative estimate of drug-likeness (QED) is 0.763. The molecule has 0 N–H and O–H groups in total. The number of nitrogens with zero attached hydrogens (tertiary/aromatic N) is 2. The molecule has 2 aliphatic rings. The zero-order chi connectivity index (χ0) is 19.6. The van der Waals surface area contributed by atoms with E-state index >= 15 is 0 Å². The largest absolute Gasteiger partial charge is 0.335 e. The van der Waals surface area contributed by atoms with E-state index in [2.05, 4.69) is 0 Å². The molecule has 3 rings (SSSR count). The van der Waals surface area contributed by atoms with Crippen molar-refractivity contribution in [2.45, 2.75) is 63.3 Å². The lowest BCUT2D eigenvalue weighted by Gasteiger charge is -2.44. The van der Waals surface area contributed by atoms with E-state index in [0.717, 1.165) is 38.2 Å². The van der Waals surface area contributed by atoms with Gasteiger partial charge in [-0.2, -0.15) is 4.31 Å². The van der Waals surface area contributed by atoms with E-state index in [1.807, 2.05) is 0 Å². The Morgan fingerprint density at radius 2 is 1.81 bits per heavy atom. The highest BCUT2D eigenvalue weighted by atomic mass is 32.2. The molecule has 1 aliphatic heterocycles. The zero-order valence-electron chi connectivity index (χ0n) is 16.2. The Morgan fingerprint density at radius 3 is 2.52 bits per heavy atom. The van der Waals surface area contributed by atoms with Gasteiger partial charge in [0.2, 0.25) is 10.0 Å². The zero-order valence-corrected chi connectivity index (χ0v) is 17.0. The number of rotatable bonds is 5. The van der Waals surface area contributed by atoms with Crippen molar-refractivity contribution in [3.63, 3.8) is 0 Å². The van der Waals surface area contributed by atoms with Crippen molar-refractivity contribution in [3.8, 4) is 0 Å². The van der Waals surface area contributed by atoms with Gasteiger partial charge < -0.3 is 4.90 Å². The first kappa shape index (κ1) is 20.3. The van der Waals surface area contributed by atoms with Gasteiger partial charge in [0, 0.05) is 25.7 Å². The second-order valence-electron chi connectivity index (χ2n) is 7.48. The summed E-state index contributed by atoms with van der Waals surface area (Å²) < 4.78 is 41.3. The smallest absolute Gasteiger partial charge is 0.257 e. The summed E-state index contributed by atoms with van der Waals surface area (Å²) in [5, 5.41) is 0. The van der Waals surface area contributed by atoms with E-state index in [1.54, 1.807) is 18.7 Å². The molecule has 2 fully saturated rings. The maximum absolute atomic E-state index is 14.5. The van der Waals surface area contributed by atoms with Crippen LogP contribution in [-0.2, 0) is 10.0 Å². The van der Waals surface area contributed by atoms with Crippen molar-refractivity contribution in [3.05, 3.63) is 29.6 Å². The lowest BCUT2D eigenvalue weighted by molar-refractivity contribution is 0.0386. The van der Waals surface area contributed by atoms with Crippen LogP contribution in [0.2, 0.25) is 0 Å². The number of amides is 1. The van der Waals surface area contributed by atoms with Crippen LogP contribution in [0.3, 0.4) is 0 Å². The number of fused-ring (bicyclic) bond motifs is 1. The molecule has 1 amide bonds. The van der Waals surface area contributed by atoms with Crippen molar-refractivity contribution in [1.82, 2.24) is 9.21 Å². The summed E-state index contributed by atoms with van der Waals surface area (Å²) in [6, 6.07) is 3.73. The third kappa shape index (κ3) is 3.90. The maximum Gasteiger partial charge on any atom is 0.257 e. The van der Waals surface area contributed by atoms with E-state index in [1.165, 1.54) is 22.9 Å². The molecule has 7 heteroatoms. The van der Waals surface area contributed by atoms with Crippen LogP contribution in [0, 0.1) is 11.7 Å². The van der Waals surface area contributed by atoms with Crippen LogP contribution in [0.4, 0.5) is 4.39 Å². The van der Waals surface area contributed by atoms with E-state index in [0.29, 0.717) is 25.6 Å². The van der Waals surface area contributed by atoms with Gasteiger partial charge >= 0.3 is 0 Å². The van der Waals surface area contributed by atoms with Crippen molar-refractivity contribution in [2.75, 3.05) is 19.6 Å². The standard InChI is InChI=1S/C20H29FN2O3S/c1-3-22(4-2)27(25,26)16-11-12-18(21)17(14-16)20(24)23-13-7-9-15-8-5-6-10-19(15)23/h11-12,14-15,19H,3-10,13H2,1-2H3. The molecule has 27 heavy (non-hydrogen) atoms. The van der Waals surface area contributed by atoms with Crippen LogP contribution in [0.15, 0.2) is 23.1 Å². The summed E-state index contributed by atoms with van der Waals surface area (Å²) in [4.78, 5) is 14.9. The van der Waals surface area contributed by atoms with Gasteiger partial charge in [-0.25, -0.2) is 12.8 Å². The van der Waals surface area contributed by atoms with Gasteiger partial charge in [-0.05, 0) is 49.8 Å². The van der Waals surface area contributed by atoms with Gasteiger partial charge in [0.25, 0.3) is 5.91 Å². The lowest BCUT2D eigenvalue weighted by atomic mass is 9.78. The number of benzene rings is 1. The van der Waals surface area contributed by atoms with E-state index in [9.17, 15) is 17.6 Å². The summed E-state index contributed by atoms with van der Waals surface area (Å²) in [5.41, 5.74) is -0.130. The summed E-state index contributed by atoms with van der Waals surface area (Å²) in [5.74, 6) is -0.542. The van der Waals surface area contributed by atoms with Crippen LogP contribution in [0.1, 0.15) is 62.7 Å². The molecule has 1 heterocycles. The molecule has 0 radical (unpaired) electrons. The molecule has 5 nitrogen and oxygen atoms in total. The SMILES string of the molecule is CCN(CC)S(=O)(=O)c1ccc(F)c(C(=O)N2CCCC3CCCCC32)c1. The minimum atomic E-state index is -3.73. The van der Waals surface area contributed by atoms with Gasteiger partial charge in [-0.3, -0.25) is 4.79 Å². The van der Waals surface area contributed by atoms with Crippen LogP contribution in [0.5, 0.6) is 0 Å². The molecule has 0 aromatic heterocycles. The molecule has 0 bridgehead atoms. The number of carbonyl (C=O) groups is 1. The van der Waals surface area contributed by atoms with E-state index in [-0.39, 0.29) is 22.4 Å². The van der Waals surface area contributed by atoms with Crippen LogP contribution < -0.4 is 0 Å². The van der Waals surface area contributed by atoms with Crippen LogP contribution in [0.25, 0.3) is 0 Å². The Balaban J connectivity index is 1.93. The second kappa shape index (κ2) is 8.27. The molecule has 150 valence electrons. The minimum Gasteiger partial charge on any atom is -0.335 e. The van der Waals surface area contributed by atoms with Crippen molar-refractivity contribution in [1.29, 1.82) is 0 Å². The first-order valence-electron chi connectivity index (χ1n) is 10.0. The third-order valence-corrected chi connectivity index (χ3v) is 8.06. The number of hydrogen-bond donors (Lipinski definition) is 0. The fraction of sp³-hybridized carbons (Fsp3) is 0.650. The van der Waals surface area contributed by atoms with Crippen LogP contribution >= 0.6 is 0 Å². The first-order valence-corrected chi connectivity index (χ1v) is 11.4. The fourth-order valence-corrected chi connectivity index (χ4v) is 6.06. The molecule has 1 aromatic carbocycles. The highest BCUT2D eigenvalue weighted by Crippen LogP contribution is 2.36. The average molecular weight is 397 g/mol. The molecule has 2 atom stereocenters. The first-order chi connectivity index (χ1) is 12.9. The number of sulfonamides is 1. The normalized spacial score (nSPS) is 23.3. The summed E-state index contributed by atoms with van der Waals surface area (Å²) in [6.07, 6.45) is 6.39. The van der Waals surface area contributed by atoms with Crippen molar-refractivity contribution < 1.29 is 17.6 Å². The summed E-state index contributed by atoms with van der Waals surface area (Å²) in [6.45, 7) is 4.79. The van der Waals surface area contributed by atoms with Crippen molar-refractivity contribution in [2.24, 2.45) is 5.92 Å². The number of likely N-dealkylation sites (tertiary alicyclic amines) is 1. The third-order valence-electron chi connectivity index (χ3n) is 6.02. The minimum absolute atomic E-state index is 0.0202. The topological polar surface area (TPSA) is 57.7 Å². The molecule has 0 spiro atoms. The highest BCUT2D eigenvalue weighted by Gasteiger charge is 2.37. The Kier molecular flexibility index (Phi) is 6.21. The summed E-state index contributed by atoms with van der Waals surface area (Å²) in [7, 11) is -3.73. The predicted octanol–water partition coefficient (Wildman–Crippen LogP) is 3.65. The molecule has 1 aromatic rings. The molecule has 1 saturated carbocycles. The summed E-state index contributed by atoms with van der Waals surface area (Å²) >= 11 is 0. The molecular formula is C20H29FN2O3S. The van der Waals surface area contributed by atoms with Gasteiger partial charge in [0.1, 0.15) is 5.82 Å². The highest BCUT2D eigenvalue weighted by molar-refractivity contribution is 7.89. The fourth-order valence-electron chi connectivity index (χ4n) is 4.57. The Labute approximate surface area is 161 Å².